The van der Waals surface area contributed by atoms with Gasteiger partial charge in [0.05, 0.1) is 13.2 Å². The molecule has 1 heterocycles. The van der Waals surface area contributed by atoms with E-state index in [-0.39, 0.29) is 11.9 Å². The van der Waals surface area contributed by atoms with Crippen molar-refractivity contribution >= 4 is 17.5 Å². The number of carbonyl (C=O) groups is 1. The molecular formula is C21H25ClN2O2. The van der Waals surface area contributed by atoms with Crippen LogP contribution in [0.1, 0.15) is 23.6 Å². The number of hydrogen-bond acceptors (Lipinski definition) is 3. The molecule has 1 amide bonds. The number of aryl methyl sites for hydroxylation is 1. The minimum Gasteiger partial charge on any atom is -0.497 e. The van der Waals surface area contributed by atoms with Crippen molar-refractivity contribution in [2.75, 3.05) is 33.8 Å². The second-order valence-corrected chi connectivity index (χ2v) is 7.18. The van der Waals surface area contributed by atoms with Gasteiger partial charge in [-0.15, -0.1) is 0 Å². The van der Waals surface area contributed by atoms with E-state index in [0.717, 1.165) is 30.8 Å². The van der Waals surface area contributed by atoms with Crippen molar-refractivity contribution in [2.24, 2.45) is 0 Å². The molecular weight excluding hydrogens is 348 g/mol. The summed E-state index contributed by atoms with van der Waals surface area (Å²) in [4.78, 5) is 17.0. The van der Waals surface area contributed by atoms with Crippen LogP contribution in [-0.2, 0) is 11.2 Å². The Morgan fingerprint density at radius 3 is 2.77 bits per heavy atom. The van der Waals surface area contributed by atoms with Crippen LogP contribution in [0, 0.1) is 0 Å². The van der Waals surface area contributed by atoms with Crippen LogP contribution >= 0.6 is 11.6 Å². The van der Waals surface area contributed by atoms with E-state index in [1.54, 1.807) is 7.11 Å². The number of nitrogens with zero attached hydrogens (tertiary/aromatic N) is 2. The van der Waals surface area contributed by atoms with E-state index in [1.165, 1.54) is 5.56 Å². The van der Waals surface area contributed by atoms with Crippen molar-refractivity contribution < 1.29 is 9.53 Å². The van der Waals surface area contributed by atoms with Crippen molar-refractivity contribution in [1.29, 1.82) is 0 Å². The van der Waals surface area contributed by atoms with Crippen LogP contribution < -0.4 is 4.74 Å². The monoisotopic (exact) mass is 372 g/mol. The van der Waals surface area contributed by atoms with Crippen molar-refractivity contribution in [2.45, 2.75) is 18.9 Å². The van der Waals surface area contributed by atoms with Crippen LogP contribution in [0.3, 0.4) is 0 Å². The van der Waals surface area contributed by atoms with Gasteiger partial charge in [0.1, 0.15) is 5.75 Å². The molecule has 1 aliphatic heterocycles. The molecule has 2 aromatic rings. The van der Waals surface area contributed by atoms with Crippen LogP contribution in [0.15, 0.2) is 48.5 Å². The van der Waals surface area contributed by atoms with Crippen molar-refractivity contribution in [3.8, 4) is 5.75 Å². The maximum atomic E-state index is 12.7. The van der Waals surface area contributed by atoms with Crippen molar-refractivity contribution in [3.63, 3.8) is 0 Å². The number of amides is 1. The van der Waals surface area contributed by atoms with E-state index >= 15 is 0 Å². The molecule has 0 aliphatic carbocycles. The van der Waals surface area contributed by atoms with Crippen molar-refractivity contribution in [3.05, 3.63) is 64.7 Å². The molecule has 0 saturated carbocycles. The van der Waals surface area contributed by atoms with Gasteiger partial charge in [0.25, 0.3) is 0 Å². The van der Waals surface area contributed by atoms with Gasteiger partial charge in [-0.1, -0.05) is 35.9 Å². The third-order valence-corrected chi connectivity index (χ3v) is 5.23. The Morgan fingerprint density at radius 2 is 2.00 bits per heavy atom. The maximum Gasteiger partial charge on any atom is 0.223 e. The minimum atomic E-state index is 0.189. The average molecular weight is 373 g/mol. The second-order valence-electron chi connectivity index (χ2n) is 6.74. The van der Waals surface area contributed by atoms with Gasteiger partial charge in [-0.05, 0) is 48.9 Å². The summed E-state index contributed by atoms with van der Waals surface area (Å²) >= 11 is 6.03. The van der Waals surface area contributed by atoms with Gasteiger partial charge >= 0.3 is 0 Å². The predicted octanol–water partition coefficient (Wildman–Crippen LogP) is 3.80. The molecule has 2 aromatic carbocycles. The number of hydrogen-bond donors (Lipinski definition) is 0. The molecule has 5 heteroatoms. The molecule has 138 valence electrons. The number of rotatable bonds is 5. The van der Waals surface area contributed by atoms with Gasteiger partial charge in [0, 0.05) is 31.1 Å². The number of methoxy groups -OCH3 is 1. The van der Waals surface area contributed by atoms with Gasteiger partial charge in [0.15, 0.2) is 0 Å². The number of carbonyl (C=O) groups excluding carboxylic acids is 1. The quantitative estimate of drug-likeness (QED) is 0.800. The van der Waals surface area contributed by atoms with E-state index < -0.39 is 0 Å². The first-order valence-corrected chi connectivity index (χ1v) is 9.31. The zero-order valence-electron chi connectivity index (χ0n) is 15.3. The van der Waals surface area contributed by atoms with Gasteiger partial charge in [-0.3, -0.25) is 9.69 Å². The number of piperazine rings is 1. The highest BCUT2D eigenvalue weighted by Gasteiger charge is 2.28. The van der Waals surface area contributed by atoms with Crippen molar-refractivity contribution in [1.82, 2.24) is 9.80 Å². The number of likely N-dealkylation sites (N-methyl/N-ethyl adjacent to an activating group) is 1. The third-order valence-electron chi connectivity index (χ3n) is 5.00. The van der Waals surface area contributed by atoms with Crippen LogP contribution in [-0.4, -0.2) is 49.5 Å². The van der Waals surface area contributed by atoms with Gasteiger partial charge in [-0.2, -0.15) is 0 Å². The average Bonchev–Trinajstić information content (AvgIpc) is 2.66. The van der Waals surface area contributed by atoms with Gasteiger partial charge in [0.2, 0.25) is 5.91 Å². The fourth-order valence-electron chi connectivity index (χ4n) is 3.41. The van der Waals surface area contributed by atoms with Crippen LogP contribution in [0.25, 0.3) is 0 Å². The van der Waals surface area contributed by atoms with Gasteiger partial charge < -0.3 is 9.64 Å². The SMILES string of the molecule is COc1cccc(C2CN(C(=O)CCc3cccc(Cl)c3)CCN2C)c1. The smallest absolute Gasteiger partial charge is 0.223 e. The van der Waals surface area contributed by atoms with Gasteiger partial charge in [-0.25, -0.2) is 0 Å². The molecule has 0 aromatic heterocycles. The molecule has 1 saturated heterocycles. The Labute approximate surface area is 160 Å². The highest BCUT2D eigenvalue weighted by atomic mass is 35.5. The third kappa shape index (κ3) is 4.57. The lowest BCUT2D eigenvalue weighted by Crippen LogP contribution is -2.49. The Hall–Kier alpha value is -2.04. The fourth-order valence-corrected chi connectivity index (χ4v) is 3.62. The summed E-state index contributed by atoms with van der Waals surface area (Å²) in [5.41, 5.74) is 2.28. The summed E-state index contributed by atoms with van der Waals surface area (Å²) < 4.78 is 5.34. The summed E-state index contributed by atoms with van der Waals surface area (Å²) in [5, 5.41) is 0.715. The molecule has 1 unspecified atom stereocenters. The highest BCUT2D eigenvalue weighted by molar-refractivity contribution is 6.30. The lowest BCUT2D eigenvalue weighted by molar-refractivity contribution is -0.134. The summed E-state index contributed by atoms with van der Waals surface area (Å²) in [7, 11) is 3.79. The Kier molecular flexibility index (Phi) is 6.17. The molecule has 0 N–H and O–H groups in total. The molecule has 0 radical (unpaired) electrons. The Balaban J connectivity index is 1.64. The second kappa shape index (κ2) is 8.56. The molecule has 4 nitrogen and oxygen atoms in total. The van der Waals surface area contributed by atoms with E-state index in [0.29, 0.717) is 18.0 Å². The maximum absolute atomic E-state index is 12.7. The van der Waals surface area contributed by atoms with E-state index in [2.05, 4.69) is 24.1 Å². The fraction of sp³-hybridized carbons (Fsp3) is 0.381. The summed E-state index contributed by atoms with van der Waals surface area (Å²) in [6.07, 6.45) is 1.23. The summed E-state index contributed by atoms with van der Waals surface area (Å²) in [6, 6.07) is 16.0. The lowest BCUT2D eigenvalue weighted by atomic mass is 10.0. The van der Waals surface area contributed by atoms with Crippen LogP contribution in [0.4, 0.5) is 0 Å². The zero-order chi connectivity index (χ0) is 18.5. The first kappa shape index (κ1) is 18.7. The molecule has 3 rings (SSSR count). The normalized spacial score (nSPS) is 18.0. The van der Waals surface area contributed by atoms with E-state index in [9.17, 15) is 4.79 Å². The first-order valence-electron chi connectivity index (χ1n) is 8.93. The number of halogens is 1. The van der Waals surface area contributed by atoms with Crippen LogP contribution in [0.5, 0.6) is 5.75 Å². The molecule has 26 heavy (non-hydrogen) atoms. The number of benzene rings is 2. The number of ether oxygens (including phenoxy) is 1. The molecule has 1 fully saturated rings. The molecule has 0 bridgehead atoms. The Morgan fingerprint density at radius 1 is 1.19 bits per heavy atom. The first-order chi connectivity index (χ1) is 12.6. The topological polar surface area (TPSA) is 32.8 Å². The van der Waals surface area contributed by atoms with E-state index in [1.807, 2.05) is 41.3 Å². The highest BCUT2D eigenvalue weighted by Crippen LogP contribution is 2.27. The standard InChI is InChI=1S/C21H25ClN2O2/c1-23-11-12-24(15-20(23)17-6-4-8-19(14-17)26-2)21(25)10-9-16-5-3-7-18(22)13-16/h3-8,13-14,20H,9-12,15H2,1-2H3. The zero-order valence-corrected chi connectivity index (χ0v) is 16.1. The largest absolute Gasteiger partial charge is 0.497 e. The molecule has 1 atom stereocenters. The summed E-state index contributed by atoms with van der Waals surface area (Å²) in [6.45, 7) is 2.34. The molecule has 0 spiro atoms. The van der Waals surface area contributed by atoms with E-state index in [4.69, 9.17) is 16.3 Å². The lowest BCUT2D eigenvalue weighted by Gasteiger charge is -2.40. The summed E-state index contributed by atoms with van der Waals surface area (Å²) in [5.74, 6) is 1.05. The molecule has 1 aliphatic rings. The Bertz CT molecular complexity index is 765. The van der Waals surface area contributed by atoms with Crippen LogP contribution in [0.2, 0.25) is 5.02 Å². The minimum absolute atomic E-state index is 0.189. The predicted molar refractivity (Wildman–Crippen MR) is 105 cm³/mol.